The maximum absolute atomic E-state index is 13.1. The minimum Gasteiger partial charge on any atom is -0.497 e. The number of nitrogens with one attached hydrogen (secondary N) is 2. The third-order valence-corrected chi connectivity index (χ3v) is 8.17. The molecule has 180 valence electrons. The molecule has 2 N–H and O–H groups in total. The second-order valence-corrected chi connectivity index (χ2v) is 11.1. The molecule has 2 heterocycles. The molecule has 0 aliphatic rings. The molecule has 2 aromatic heterocycles. The molecule has 1 unspecified atom stereocenters. The molecule has 0 radical (unpaired) electrons. The van der Waals surface area contributed by atoms with Crippen molar-refractivity contribution in [1.29, 1.82) is 0 Å². The average Bonchev–Trinajstić information content (AvgIpc) is 3.34. The fourth-order valence-corrected chi connectivity index (χ4v) is 5.91. The van der Waals surface area contributed by atoms with E-state index in [-0.39, 0.29) is 16.9 Å². The van der Waals surface area contributed by atoms with Crippen LogP contribution < -0.4 is 20.5 Å². The Morgan fingerprint density at radius 3 is 2.82 bits per heavy atom. The molecule has 4 rings (SSSR count). The van der Waals surface area contributed by atoms with Crippen molar-refractivity contribution in [3.63, 3.8) is 0 Å². The number of thioether (sulfide) groups is 1. The third kappa shape index (κ3) is 4.97. The van der Waals surface area contributed by atoms with Gasteiger partial charge in [-0.3, -0.25) is 9.36 Å². The molecule has 2 aromatic carbocycles. The van der Waals surface area contributed by atoms with Gasteiger partial charge < -0.3 is 14.5 Å². The number of hydrogen-bond donors (Lipinski definition) is 2. The molecule has 0 saturated carbocycles. The Balaban J connectivity index is 1.57. The lowest BCUT2D eigenvalue weighted by molar-refractivity contribution is -0.117. The van der Waals surface area contributed by atoms with Gasteiger partial charge in [0.15, 0.2) is 10.7 Å². The lowest BCUT2D eigenvalue weighted by Crippen LogP contribution is -2.44. The van der Waals surface area contributed by atoms with Crippen molar-refractivity contribution in [3.8, 4) is 5.75 Å². The zero-order chi connectivity index (χ0) is 24.5. The summed E-state index contributed by atoms with van der Waals surface area (Å²) in [5.41, 5.74) is 1.30. The number of methoxy groups -OCH3 is 1. The van der Waals surface area contributed by atoms with Gasteiger partial charge in [-0.2, -0.15) is 16.5 Å². The van der Waals surface area contributed by atoms with Crippen LogP contribution in [0.4, 0.5) is 5.13 Å². The van der Waals surface area contributed by atoms with Gasteiger partial charge in [-0.25, -0.2) is 18.2 Å². The van der Waals surface area contributed by atoms with Crippen molar-refractivity contribution in [2.45, 2.75) is 17.4 Å². The summed E-state index contributed by atoms with van der Waals surface area (Å²) in [6.07, 6.45) is 2.14. The van der Waals surface area contributed by atoms with Crippen LogP contribution in [-0.2, 0) is 21.9 Å². The minimum atomic E-state index is -4.08. The fraction of sp³-hybridized carbons (Fsp3) is 0.286. The van der Waals surface area contributed by atoms with E-state index in [2.05, 4.69) is 15.0 Å². The van der Waals surface area contributed by atoms with Gasteiger partial charge >= 0.3 is 5.76 Å². The van der Waals surface area contributed by atoms with Crippen LogP contribution >= 0.6 is 23.1 Å². The van der Waals surface area contributed by atoms with Crippen LogP contribution in [0.3, 0.4) is 0 Å². The van der Waals surface area contributed by atoms with E-state index in [1.807, 2.05) is 12.3 Å². The second kappa shape index (κ2) is 9.78. The SMILES string of the molecule is COc1ccc2nc(NC(=O)C(CCSC)NS(=O)(=O)c3ccc4c(c3)oc(=O)n4C)sc2c1. The quantitative estimate of drug-likeness (QED) is 0.343. The van der Waals surface area contributed by atoms with E-state index >= 15 is 0 Å². The molecular formula is C21H22N4O6S3. The first-order valence-corrected chi connectivity index (χ1v) is 13.8. The molecule has 13 heteroatoms. The summed E-state index contributed by atoms with van der Waals surface area (Å²) in [5, 5.41) is 3.08. The summed E-state index contributed by atoms with van der Waals surface area (Å²) in [4.78, 5) is 29.0. The molecule has 0 bridgehead atoms. The van der Waals surface area contributed by atoms with E-state index in [1.54, 1.807) is 19.2 Å². The van der Waals surface area contributed by atoms with Crippen LogP contribution in [0.2, 0.25) is 0 Å². The van der Waals surface area contributed by atoms with Gasteiger partial charge in [-0.05, 0) is 48.8 Å². The molecule has 4 aromatic rings. The van der Waals surface area contributed by atoms with E-state index < -0.39 is 27.7 Å². The molecule has 0 saturated heterocycles. The molecule has 0 spiro atoms. The summed E-state index contributed by atoms with van der Waals surface area (Å²) in [5.74, 6) is 0.120. The maximum atomic E-state index is 13.1. The molecule has 1 amide bonds. The van der Waals surface area contributed by atoms with E-state index in [9.17, 15) is 18.0 Å². The van der Waals surface area contributed by atoms with Gasteiger partial charge in [0.1, 0.15) is 11.8 Å². The van der Waals surface area contributed by atoms with Crippen LogP contribution in [0.5, 0.6) is 5.75 Å². The topological polar surface area (TPSA) is 133 Å². The predicted octanol–water partition coefficient (Wildman–Crippen LogP) is 2.79. The van der Waals surface area contributed by atoms with Crippen molar-refractivity contribution < 1.29 is 22.4 Å². The number of carbonyl (C=O) groups is 1. The van der Waals surface area contributed by atoms with Crippen LogP contribution in [-0.4, -0.2) is 49.0 Å². The number of aryl methyl sites for hydroxylation is 1. The number of anilines is 1. The lowest BCUT2D eigenvalue weighted by atomic mass is 10.2. The fourth-order valence-electron chi connectivity index (χ4n) is 3.29. The van der Waals surface area contributed by atoms with Gasteiger partial charge in [0, 0.05) is 13.1 Å². The highest BCUT2D eigenvalue weighted by atomic mass is 32.2. The number of rotatable bonds is 9. The Kier molecular flexibility index (Phi) is 6.98. The van der Waals surface area contributed by atoms with Crippen molar-refractivity contribution in [2.24, 2.45) is 7.05 Å². The van der Waals surface area contributed by atoms with E-state index in [0.29, 0.717) is 27.7 Å². The smallest absolute Gasteiger partial charge is 0.419 e. The van der Waals surface area contributed by atoms with Crippen molar-refractivity contribution in [1.82, 2.24) is 14.3 Å². The molecule has 34 heavy (non-hydrogen) atoms. The maximum Gasteiger partial charge on any atom is 0.419 e. The second-order valence-electron chi connectivity index (χ2n) is 7.35. The first-order chi connectivity index (χ1) is 16.2. The number of fused-ring (bicyclic) bond motifs is 2. The monoisotopic (exact) mass is 522 g/mol. The summed E-state index contributed by atoms with van der Waals surface area (Å²) < 4.78 is 41.0. The predicted molar refractivity (Wildman–Crippen MR) is 133 cm³/mol. The Hall–Kier alpha value is -2.87. The van der Waals surface area contributed by atoms with Gasteiger partial charge in [-0.15, -0.1) is 0 Å². The van der Waals surface area contributed by atoms with E-state index in [0.717, 1.165) is 4.70 Å². The lowest BCUT2D eigenvalue weighted by Gasteiger charge is -2.17. The molecule has 0 aliphatic heterocycles. The Labute approximate surface area is 203 Å². The average molecular weight is 523 g/mol. The highest BCUT2D eigenvalue weighted by molar-refractivity contribution is 7.98. The zero-order valence-electron chi connectivity index (χ0n) is 18.5. The minimum absolute atomic E-state index is 0.108. The largest absolute Gasteiger partial charge is 0.497 e. The number of thiazole rings is 1. The van der Waals surface area contributed by atoms with Crippen LogP contribution in [0, 0.1) is 0 Å². The number of hydrogen-bond acceptors (Lipinski definition) is 9. The summed E-state index contributed by atoms with van der Waals surface area (Å²) in [6.45, 7) is 0. The number of sulfonamides is 1. The number of ether oxygens (including phenoxy) is 1. The molecule has 1 atom stereocenters. The van der Waals surface area contributed by atoms with Crippen LogP contribution in [0.1, 0.15) is 6.42 Å². The Morgan fingerprint density at radius 1 is 1.29 bits per heavy atom. The molecule has 10 nitrogen and oxygen atoms in total. The number of oxazole rings is 1. The Morgan fingerprint density at radius 2 is 2.09 bits per heavy atom. The highest BCUT2D eigenvalue weighted by Crippen LogP contribution is 2.29. The summed E-state index contributed by atoms with van der Waals surface area (Å²) in [7, 11) is -0.986. The normalized spacial score (nSPS) is 12.8. The van der Waals surface area contributed by atoms with Gasteiger partial charge in [0.05, 0.1) is 27.7 Å². The van der Waals surface area contributed by atoms with E-state index in [1.165, 1.54) is 52.9 Å². The Bertz CT molecular complexity index is 1520. The molecular weight excluding hydrogens is 500 g/mol. The number of aromatic nitrogens is 2. The first-order valence-electron chi connectivity index (χ1n) is 10.1. The van der Waals surface area contributed by atoms with Gasteiger partial charge in [0.2, 0.25) is 15.9 Å². The van der Waals surface area contributed by atoms with E-state index in [4.69, 9.17) is 9.15 Å². The summed E-state index contributed by atoms with van der Waals surface area (Å²) in [6, 6.07) is 8.46. The first kappa shape index (κ1) is 24.3. The number of benzene rings is 2. The standard InChI is InChI=1S/C21H22N4O6S3/c1-25-16-7-5-13(11-17(16)31-21(25)27)34(28,29)24-15(8-9-32-3)19(26)23-20-22-14-6-4-12(30-2)10-18(14)33-20/h4-7,10-11,15,24H,8-9H2,1-3H3,(H,22,23,26). The zero-order valence-corrected chi connectivity index (χ0v) is 21.0. The highest BCUT2D eigenvalue weighted by Gasteiger charge is 2.27. The number of carbonyl (C=O) groups excluding carboxylic acids is 1. The number of amides is 1. The van der Waals surface area contributed by atoms with Crippen LogP contribution in [0.15, 0.2) is 50.5 Å². The third-order valence-electron chi connectivity index (χ3n) is 5.12. The van der Waals surface area contributed by atoms with Crippen molar-refractivity contribution >= 4 is 65.5 Å². The molecule has 0 aliphatic carbocycles. The van der Waals surface area contributed by atoms with Crippen LogP contribution in [0.25, 0.3) is 21.3 Å². The van der Waals surface area contributed by atoms with Gasteiger partial charge in [0.25, 0.3) is 0 Å². The van der Waals surface area contributed by atoms with Crippen molar-refractivity contribution in [2.75, 3.05) is 24.4 Å². The summed E-state index contributed by atoms with van der Waals surface area (Å²) >= 11 is 2.76. The van der Waals surface area contributed by atoms with Gasteiger partial charge in [-0.1, -0.05) is 11.3 Å². The molecule has 0 fully saturated rings. The number of nitrogens with zero attached hydrogens (tertiary/aromatic N) is 2. The van der Waals surface area contributed by atoms with Crippen molar-refractivity contribution in [3.05, 3.63) is 46.9 Å².